The highest BCUT2D eigenvalue weighted by atomic mass is 16.2. The van der Waals surface area contributed by atoms with Crippen LogP contribution in [0.25, 0.3) is 0 Å². The molecular weight excluding hydrogens is 272 g/mol. The molecule has 0 atom stereocenters. The molecule has 2 heterocycles. The molecule has 22 heavy (non-hydrogen) atoms. The molecule has 0 aromatic heterocycles. The van der Waals surface area contributed by atoms with Gasteiger partial charge in [0.2, 0.25) is 5.91 Å². The third-order valence-electron chi connectivity index (χ3n) is 4.91. The molecule has 1 fully saturated rings. The Balaban J connectivity index is 1.74. The van der Waals surface area contributed by atoms with Crippen molar-refractivity contribution in [1.82, 2.24) is 5.32 Å². The number of carbonyl (C=O) groups excluding carboxylic acids is 1. The highest BCUT2D eigenvalue weighted by Crippen LogP contribution is 2.33. The Morgan fingerprint density at radius 2 is 2.00 bits per heavy atom. The second-order valence-corrected chi connectivity index (χ2v) is 7.82. The normalized spacial score (nSPS) is 19.3. The van der Waals surface area contributed by atoms with Gasteiger partial charge in [-0.15, -0.1) is 0 Å². The van der Waals surface area contributed by atoms with Gasteiger partial charge in [0, 0.05) is 17.6 Å². The van der Waals surface area contributed by atoms with Gasteiger partial charge in [-0.3, -0.25) is 4.79 Å². The Kier molecular flexibility index (Phi) is 4.26. The van der Waals surface area contributed by atoms with Crippen LogP contribution in [0, 0.1) is 11.3 Å². The number of anilines is 1. The average Bonchev–Trinajstić information content (AvgIpc) is 2.89. The minimum Gasteiger partial charge on any atom is -0.317 e. The summed E-state index contributed by atoms with van der Waals surface area (Å²) in [6.07, 6.45) is 4.75. The second-order valence-electron chi connectivity index (χ2n) is 7.82. The molecule has 0 bridgehead atoms. The number of benzene rings is 1. The summed E-state index contributed by atoms with van der Waals surface area (Å²) < 4.78 is 0. The maximum atomic E-state index is 12.6. The molecule has 1 amide bonds. The molecule has 0 saturated carbocycles. The lowest BCUT2D eigenvalue weighted by atomic mass is 9.90. The van der Waals surface area contributed by atoms with Gasteiger partial charge in [0.05, 0.1) is 0 Å². The van der Waals surface area contributed by atoms with Crippen molar-refractivity contribution < 1.29 is 4.79 Å². The van der Waals surface area contributed by atoms with Crippen LogP contribution in [-0.2, 0) is 17.6 Å². The first-order valence-corrected chi connectivity index (χ1v) is 8.59. The van der Waals surface area contributed by atoms with Crippen molar-refractivity contribution in [3.63, 3.8) is 0 Å². The SMILES string of the molecule is CC(C)(C)C(=O)N1CCc2cc(CC3CCNCC3)ccc21. The molecule has 2 aliphatic heterocycles. The zero-order valence-corrected chi connectivity index (χ0v) is 14.1. The van der Waals surface area contributed by atoms with Crippen molar-refractivity contribution in [2.75, 3.05) is 24.5 Å². The van der Waals surface area contributed by atoms with Crippen LogP contribution in [-0.4, -0.2) is 25.5 Å². The zero-order chi connectivity index (χ0) is 15.7. The number of hydrogen-bond acceptors (Lipinski definition) is 2. The number of carbonyl (C=O) groups is 1. The first-order valence-electron chi connectivity index (χ1n) is 8.59. The van der Waals surface area contributed by atoms with Crippen LogP contribution in [0.1, 0.15) is 44.7 Å². The van der Waals surface area contributed by atoms with Gasteiger partial charge in [-0.05, 0) is 61.9 Å². The summed E-state index contributed by atoms with van der Waals surface area (Å²) in [5.74, 6) is 1.05. The molecular formula is C19H28N2O. The number of nitrogens with zero attached hydrogens (tertiary/aromatic N) is 1. The molecule has 3 nitrogen and oxygen atoms in total. The quantitative estimate of drug-likeness (QED) is 0.910. The summed E-state index contributed by atoms with van der Waals surface area (Å²) >= 11 is 0. The lowest BCUT2D eigenvalue weighted by molar-refractivity contribution is -0.125. The smallest absolute Gasteiger partial charge is 0.232 e. The van der Waals surface area contributed by atoms with E-state index in [0.29, 0.717) is 0 Å². The fraction of sp³-hybridized carbons (Fsp3) is 0.632. The van der Waals surface area contributed by atoms with E-state index in [9.17, 15) is 4.79 Å². The van der Waals surface area contributed by atoms with Gasteiger partial charge in [0.1, 0.15) is 0 Å². The molecule has 120 valence electrons. The summed E-state index contributed by atoms with van der Waals surface area (Å²) in [4.78, 5) is 14.5. The van der Waals surface area contributed by atoms with Crippen molar-refractivity contribution in [2.45, 2.75) is 46.5 Å². The summed E-state index contributed by atoms with van der Waals surface area (Å²) in [6.45, 7) is 9.14. The molecule has 2 aliphatic rings. The minimum absolute atomic E-state index is 0.234. The molecule has 1 aromatic carbocycles. The van der Waals surface area contributed by atoms with E-state index in [1.165, 1.54) is 30.4 Å². The lowest BCUT2D eigenvalue weighted by Gasteiger charge is -2.26. The molecule has 0 spiro atoms. The predicted molar refractivity (Wildman–Crippen MR) is 91.3 cm³/mol. The Morgan fingerprint density at radius 1 is 1.27 bits per heavy atom. The lowest BCUT2D eigenvalue weighted by Crippen LogP contribution is -2.38. The van der Waals surface area contributed by atoms with Crippen LogP contribution in [0.4, 0.5) is 5.69 Å². The van der Waals surface area contributed by atoms with Crippen LogP contribution in [0.15, 0.2) is 18.2 Å². The highest BCUT2D eigenvalue weighted by Gasteiger charge is 2.32. The minimum atomic E-state index is -0.310. The van der Waals surface area contributed by atoms with Crippen LogP contribution >= 0.6 is 0 Å². The Labute approximate surface area is 134 Å². The number of piperidine rings is 1. The van der Waals surface area contributed by atoms with Crippen molar-refractivity contribution >= 4 is 11.6 Å². The topological polar surface area (TPSA) is 32.3 Å². The van der Waals surface area contributed by atoms with Gasteiger partial charge in [0.15, 0.2) is 0 Å². The zero-order valence-electron chi connectivity index (χ0n) is 14.1. The molecule has 1 aromatic rings. The van der Waals surface area contributed by atoms with Crippen LogP contribution in [0.5, 0.6) is 0 Å². The van der Waals surface area contributed by atoms with E-state index < -0.39 is 0 Å². The van der Waals surface area contributed by atoms with E-state index >= 15 is 0 Å². The van der Waals surface area contributed by atoms with Crippen molar-refractivity contribution in [1.29, 1.82) is 0 Å². The molecule has 1 N–H and O–H groups in total. The first-order chi connectivity index (χ1) is 10.4. The molecule has 0 aliphatic carbocycles. The second kappa shape index (κ2) is 6.04. The van der Waals surface area contributed by atoms with Crippen molar-refractivity contribution in [3.8, 4) is 0 Å². The number of hydrogen-bond donors (Lipinski definition) is 1. The molecule has 3 rings (SSSR count). The fourth-order valence-corrected chi connectivity index (χ4v) is 3.62. The maximum Gasteiger partial charge on any atom is 0.232 e. The van der Waals surface area contributed by atoms with E-state index in [1.54, 1.807) is 0 Å². The van der Waals surface area contributed by atoms with Crippen LogP contribution in [0.3, 0.4) is 0 Å². The average molecular weight is 300 g/mol. The maximum absolute atomic E-state index is 12.6. The summed E-state index contributed by atoms with van der Waals surface area (Å²) in [5, 5.41) is 3.43. The fourth-order valence-electron chi connectivity index (χ4n) is 3.62. The van der Waals surface area contributed by atoms with Gasteiger partial charge in [0.25, 0.3) is 0 Å². The van der Waals surface area contributed by atoms with E-state index in [-0.39, 0.29) is 11.3 Å². The van der Waals surface area contributed by atoms with E-state index in [4.69, 9.17) is 0 Å². The van der Waals surface area contributed by atoms with E-state index in [1.807, 2.05) is 25.7 Å². The highest BCUT2D eigenvalue weighted by molar-refractivity contribution is 5.98. The van der Waals surface area contributed by atoms with Gasteiger partial charge in [-0.2, -0.15) is 0 Å². The number of rotatable bonds is 2. The van der Waals surface area contributed by atoms with Gasteiger partial charge in [-0.1, -0.05) is 32.9 Å². The number of fused-ring (bicyclic) bond motifs is 1. The summed E-state index contributed by atoms with van der Waals surface area (Å²) in [5.41, 5.74) is 3.61. The Bertz CT molecular complexity index is 553. The third kappa shape index (κ3) is 3.19. The Hall–Kier alpha value is -1.35. The Morgan fingerprint density at radius 3 is 2.68 bits per heavy atom. The van der Waals surface area contributed by atoms with E-state index in [0.717, 1.165) is 37.7 Å². The number of amides is 1. The number of nitrogens with one attached hydrogen (secondary N) is 1. The van der Waals surface area contributed by atoms with Gasteiger partial charge in [-0.25, -0.2) is 0 Å². The van der Waals surface area contributed by atoms with Gasteiger partial charge >= 0.3 is 0 Å². The van der Waals surface area contributed by atoms with E-state index in [2.05, 4.69) is 23.5 Å². The predicted octanol–water partition coefficient (Wildman–Crippen LogP) is 3.16. The van der Waals surface area contributed by atoms with Crippen molar-refractivity contribution in [2.24, 2.45) is 11.3 Å². The molecule has 1 saturated heterocycles. The summed E-state index contributed by atoms with van der Waals surface area (Å²) in [6, 6.07) is 6.74. The van der Waals surface area contributed by atoms with Crippen molar-refractivity contribution in [3.05, 3.63) is 29.3 Å². The largest absolute Gasteiger partial charge is 0.317 e. The monoisotopic (exact) mass is 300 g/mol. The molecule has 3 heteroatoms. The summed E-state index contributed by atoms with van der Waals surface area (Å²) in [7, 11) is 0. The first kappa shape index (κ1) is 15.5. The van der Waals surface area contributed by atoms with Crippen LogP contribution in [0.2, 0.25) is 0 Å². The van der Waals surface area contributed by atoms with Crippen LogP contribution < -0.4 is 10.2 Å². The molecule has 0 unspecified atom stereocenters. The standard InChI is InChI=1S/C19H28N2O/c1-19(2,3)18(22)21-11-8-16-13-15(4-5-17(16)21)12-14-6-9-20-10-7-14/h4-5,13-14,20H,6-12H2,1-3H3. The molecule has 0 radical (unpaired) electrons. The third-order valence-corrected chi connectivity index (χ3v) is 4.91. The van der Waals surface area contributed by atoms with Gasteiger partial charge < -0.3 is 10.2 Å².